The van der Waals surface area contributed by atoms with E-state index in [2.05, 4.69) is 91.4 Å². The van der Waals surface area contributed by atoms with Gasteiger partial charge in [0.05, 0.1) is 12.3 Å². The second-order valence-electron chi connectivity index (χ2n) is 11.3. The van der Waals surface area contributed by atoms with E-state index in [-0.39, 0.29) is 26.5 Å². The summed E-state index contributed by atoms with van der Waals surface area (Å²) in [5, 5.41) is 2.19. The normalized spacial score (nSPS) is 13.2. The number of hydrogen-bond donors (Lipinski definition) is 0. The summed E-state index contributed by atoms with van der Waals surface area (Å²) in [6.07, 6.45) is 5.83. The van der Waals surface area contributed by atoms with E-state index in [1.807, 2.05) is 54.4 Å². The molecule has 3 heterocycles. The number of aromatic nitrogens is 2. The quantitative estimate of drug-likeness (QED) is 0.171. The van der Waals surface area contributed by atoms with Gasteiger partial charge in [0.1, 0.15) is 5.82 Å². The number of benzene rings is 3. The molecule has 0 bridgehead atoms. The number of nitrogens with zero attached hydrogens (tertiary/aromatic N) is 5. The minimum absolute atomic E-state index is 0. The van der Waals surface area contributed by atoms with Crippen molar-refractivity contribution in [3.05, 3.63) is 115 Å². The summed E-state index contributed by atoms with van der Waals surface area (Å²) >= 11 is 0. The van der Waals surface area contributed by atoms with Crippen LogP contribution in [0.4, 0.5) is 11.4 Å². The number of pyridine rings is 1. The van der Waals surface area contributed by atoms with Gasteiger partial charge in [0.25, 0.3) is 0 Å². The van der Waals surface area contributed by atoms with E-state index in [0.717, 1.165) is 33.3 Å². The Morgan fingerprint density at radius 3 is 2.49 bits per heavy atom. The summed E-state index contributed by atoms with van der Waals surface area (Å²) in [5.41, 5.74) is 4.34. The number of para-hydroxylation sites is 1. The molecule has 210 valence electrons. The van der Waals surface area contributed by atoms with Crippen molar-refractivity contribution in [1.29, 1.82) is 0 Å². The van der Waals surface area contributed by atoms with Gasteiger partial charge in [-0.3, -0.25) is 4.85 Å². The van der Waals surface area contributed by atoms with Crippen molar-refractivity contribution in [1.82, 2.24) is 14.5 Å². The Hall–Kier alpha value is -4.07. The fourth-order valence-electron chi connectivity index (χ4n) is 4.89. The Balaban J connectivity index is 0.00000337. The Morgan fingerprint density at radius 2 is 1.76 bits per heavy atom. The van der Waals surface area contributed by atoms with Crippen LogP contribution in [0, 0.1) is 25.4 Å². The van der Waals surface area contributed by atoms with Crippen molar-refractivity contribution in [2.75, 3.05) is 4.90 Å². The monoisotopic (exact) mass is 719 g/mol. The molecule has 1 aliphatic rings. The Labute approximate surface area is 255 Å². The molecule has 2 aromatic heterocycles. The number of rotatable bonds is 5. The van der Waals surface area contributed by atoms with Crippen molar-refractivity contribution in [2.24, 2.45) is 0 Å². The third-order valence-corrected chi connectivity index (χ3v) is 7.09. The largest absolute Gasteiger partial charge is 0.510 e. The zero-order chi connectivity index (χ0) is 28.0. The van der Waals surface area contributed by atoms with Crippen molar-refractivity contribution in [3.63, 3.8) is 0 Å². The Morgan fingerprint density at radius 1 is 0.951 bits per heavy atom. The number of fused-ring (bicyclic) bond motifs is 3. The van der Waals surface area contributed by atoms with Gasteiger partial charge < -0.3 is 19.1 Å². The predicted molar refractivity (Wildman–Crippen MR) is 161 cm³/mol. The maximum atomic E-state index is 7.63. The first kappa shape index (κ1) is 28.5. The molecule has 0 radical (unpaired) electrons. The molecule has 0 N–H and O–H groups in total. The molecule has 0 fully saturated rings. The molecule has 0 aliphatic carbocycles. The van der Waals surface area contributed by atoms with E-state index >= 15 is 0 Å². The van der Waals surface area contributed by atoms with Crippen LogP contribution in [-0.2, 0) is 26.5 Å². The summed E-state index contributed by atoms with van der Waals surface area (Å²) in [5.74, 6) is 1.83. The molecule has 0 saturated carbocycles. The van der Waals surface area contributed by atoms with E-state index in [4.69, 9.17) is 16.3 Å². The zero-order valence-electron chi connectivity index (χ0n) is 23.6. The van der Waals surface area contributed by atoms with Gasteiger partial charge in [-0.25, -0.2) is 4.98 Å². The smallest absolute Gasteiger partial charge is 0.135 e. The SMILES string of the molecule is [C-]#[N+]c1cc(Oc2[c-]c3c(cc2)c2ccccc2n3-c2cc(C(C)(C)C)ccn2)[c-]c(N2C=CN(C(C)C)[CH-]2)c1.[Pt]. The fourth-order valence-corrected chi connectivity index (χ4v) is 4.89. The van der Waals surface area contributed by atoms with Crippen LogP contribution in [0.15, 0.2) is 79.3 Å². The van der Waals surface area contributed by atoms with Gasteiger partial charge in [-0.15, -0.1) is 41.4 Å². The standard InChI is InChI=1S/C34H30N5O.Pt/c1-23(2)37-15-16-38(22-37)26-18-25(35-6)19-28(20-26)40-27-11-12-30-29-9-7-8-10-31(29)39(32(30)21-27)33-17-24(13-14-36-33)34(3,4)5;/h7-19,22-23H,1-5H3;/q-3;. The molecular weight excluding hydrogens is 689 g/mol. The molecule has 0 saturated heterocycles. The molecule has 7 heteroatoms. The second-order valence-corrected chi connectivity index (χ2v) is 11.3. The van der Waals surface area contributed by atoms with Crippen LogP contribution in [0.5, 0.6) is 11.5 Å². The van der Waals surface area contributed by atoms with Gasteiger partial charge in [0.15, 0.2) is 0 Å². The topological polar surface area (TPSA) is 37.9 Å². The second kappa shape index (κ2) is 11.1. The minimum atomic E-state index is -0.00987. The third kappa shape index (κ3) is 5.47. The summed E-state index contributed by atoms with van der Waals surface area (Å²) < 4.78 is 8.44. The van der Waals surface area contributed by atoms with E-state index in [9.17, 15) is 0 Å². The number of anilines is 1. The van der Waals surface area contributed by atoms with Crippen molar-refractivity contribution < 1.29 is 25.8 Å². The van der Waals surface area contributed by atoms with Gasteiger partial charge in [-0.05, 0) is 66.9 Å². The maximum absolute atomic E-state index is 7.63. The van der Waals surface area contributed by atoms with E-state index < -0.39 is 0 Å². The van der Waals surface area contributed by atoms with Crippen LogP contribution in [0.2, 0.25) is 0 Å². The van der Waals surface area contributed by atoms with Crippen molar-refractivity contribution >= 4 is 33.2 Å². The van der Waals surface area contributed by atoms with Gasteiger partial charge in [-0.2, -0.15) is 12.7 Å². The van der Waals surface area contributed by atoms with Crippen LogP contribution < -0.4 is 9.64 Å². The molecule has 0 atom stereocenters. The summed E-state index contributed by atoms with van der Waals surface area (Å²) in [6.45, 7) is 20.5. The number of hydrogen-bond acceptors (Lipinski definition) is 4. The molecular formula is C34H30N5OPt-3. The van der Waals surface area contributed by atoms with E-state index in [0.29, 0.717) is 23.2 Å². The zero-order valence-corrected chi connectivity index (χ0v) is 25.9. The molecule has 0 amide bonds. The van der Waals surface area contributed by atoms with Gasteiger partial charge >= 0.3 is 0 Å². The van der Waals surface area contributed by atoms with Crippen LogP contribution in [0.1, 0.15) is 40.2 Å². The van der Waals surface area contributed by atoms with Crippen molar-refractivity contribution in [2.45, 2.75) is 46.1 Å². The van der Waals surface area contributed by atoms with Crippen LogP contribution in [0.3, 0.4) is 0 Å². The molecule has 3 aromatic carbocycles. The number of ether oxygens (including phenoxy) is 1. The first-order chi connectivity index (χ1) is 19.2. The summed E-state index contributed by atoms with van der Waals surface area (Å²) in [7, 11) is 0. The van der Waals surface area contributed by atoms with E-state index in [1.54, 1.807) is 6.07 Å². The van der Waals surface area contributed by atoms with Crippen molar-refractivity contribution in [3.8, 4) is 17.3 Å². The van der Waals surface area contributed by atoms with Gasteiger partial charge in [0.2, 0.25) is 0 Å². The van der Waals surface area contributed by atoms with Gasteiger partial charge in [-0.1, -0.05) is 44.5 Å². The van der Waals surface area contributed by atoms with Crippen LogP contribution in [-0.4, -0.2) is 20.5 Å². The van der Waals surface area contributed by atoms with E-state index in [1.165, 1.54) is 5.56 Å². The molecule has 6 nitrogen and oxygen atoms in total. The van der Waals surface area contributed by atoms with Gasteiger partial charge in [0, 0.05) is 44.3 Å². The first-order valence-electron chi connectivity index (χ1n) is 13.4. The maximum Gasteiger partial charge on any atom is 0.135 e. The third-order valence-electron chi connectivity index (χ3n) is 7.09. The molecule has 41 heavy (non-hydrogen) atoms. The summed E-state index contributed by atoms with van der Waals surface area (Å²) in [4.78, 5) is 12.5. The van der Waals surface area contributed by atoms with Crippen LogP contribution >= 0.6 is 0 Å². The molecule has 0 spiro atoms. The average Bonchev–Trinajstić information content (AvgIpc) is 3.56. The molecule has 5 aromatic rings. The minimum Gasteiger partial charge on any atom is -0.510 e. The molecule has 0 unspecified atom stereocenters. The first-order valence-corrected chi connectivity index (χ1v) is 13.4. The predicted octanol–water partition coefficient (Wildman–Crippen LogP) is 8.54. The molecule has 6 rings (SSSR count). The molecule has 1 aliphatic heterocycles. The Kier molecular flexibility index (Phi) is 7.68. The Bertz CT molecular complexity index is 1810. The summed E-state index contributed by atoms with van der Waals surface area (Å²) in [6, 6.07) is 27.2. The average molecular weight is 720 g/mol. The van der Waals surface area contributed by atoms with Crippen LogP contribution in [0.25, 0.3) is 32.5 Å². The fraction of sp³-hybridized carbons (Fsp3) is 0.206.